The number of nitrogens with zero attached hydrogens (tertiary/aromatic N) is 5. The number of guanidine groups is 1. The van der Waals surface area contributed by atoms with Crippen molar-refractivity contribution >= 4 is 42.7 Å². The van der Waals surface area contributed by atoms with Crippen LogP contribution in [0.1, 0.15) is 42.5 Å². The summed E-state index contributed by atoms with van der Waals surface area (Å²) in [7, 11) is 1.83. The molecule has 1 aromatic heterocycles. The minimum Gasteiger partial charge on any atom is -0.381 e. The molecule has 6 rings (SSSR count). The van der Waals surface area contributed by atoms with Gasteiger partial charge in [-0.3, -0.25) is 14.6 Å². The van der Waals surface area contributed by atoms with Crippen molar-refractivity contribution in [3.8, 4) is 0 Å². The largest absolute Gasteiger partial charge is 0.381 e. The molecule has 1 N–H and O–H groups in total. The highest BCUT2D eigenvalue weighted by molar-refractivity contribution is 7.59. The lowest BCUT2D eigenvalue weighted by molar-refractivity contribution is 0.0602. The van der Waals surface area contributed by atoms with E-state index in [1.807, 2.05) is 37.4 Å². The zero-order chi connectivity index (χ0) is 20.9. The van der Waals surface area contributed by atoms with Gasteiger partial charge in [-0.1, -0.05) is 18.2 Å². The minimum absolute atomic E-state index is 0. The maximum atomic E-state index is 13.5. The Morgan fingerprint density at radius 1 is 1.12 bits per heavy atom. The molecule has 32 heavy (non-hydrogen) atoms. The van der Waals surface area contributed by atoms with E-state index in [0.29, 0.717) is 23.3 Å². The van der Waals surface area contributed by atoms with Crippen molar-refractivity contribution in [1.29, 1.82) is 0 Å². The maximum absolute atomic E-state index is 13.5. The van der Waals surface area contributed by atoms with Crippen LogP contribution in [0.25, 0.3) is 0 Å². The summed E-state index contributed by atoms with van der Waals surface area (Å²) in [6.45, 7) is 2.39. The third kappa shape index (κ3) is 3.38. The number of carbonyl (C=O) groups is 1. The highest BCUT2D eigenvalue weighted by atomic mass is 32.1. The van der Waals surface area contributed by atoms with Crippen molar-refractivity contribution in [3.63, 3.8) is 0 Å². The molecule has 1 aromatic carbocycles. The van der Waals surface area contributed by atoms with Crippen LogP contribution in [-0.4, -0.2) is 58.9 Å². The van der Waals surface area contributed by atoms with Crippen LogP contribution in [0.5, 0.6) is 0 Å². The molecule has 2 fully saturated rings. The number of para-hydroxylation sites is 1. The first kappa shape index (κ1) is 21.3. The summed E-state index contributed by atoms with van der Waals surface area (Å²) in [5, 5.41) is 8.37. The molecule has 9 heteroatoms. The van der Waals surface area contributed by atoms with E-state index in [1.165, 1.54) is 6.42 Å². The topological polar surface area (TPSA) is 75.0 Å². The quantitative estimate of drug-likeness (QED) is 0.767. The van der Waals surface area contributed by atoms with Crippen LogP contribution < -0.4 is 10.2 Å². The fourth-order valence-corrected chi connectivity index (χ4v) is 5.43. The van der Waals surface area contributed by atoms with Gasteiger partial charge in [-0.25, -0.2) is 9.67 Å². The number of benzene rings is 1. The standard InChI is InChI=1S/C23H28N6O2.H2S/c1-27-22(30)19-20(24-16-6-3-2-4-7-16)26-28(14-15-10-12-31-13-11-15)21(19)29-18-9-5-8-17(18)25-23(27)29;/h2-4,6-7,15,17-18H,5,8-14H2,1H3,(H,24,26);1H2/t17-,18+;/m1./s1. The first-order chi connectivity index (χ1) is 15.2. The Hall–Kier alpha value is -2.52. The number of rotatable bonds is 4. The molecule has 1 saturated heterocycles. The molecule has 170 valence electrons. The molecule has 4 heterocycles. The number of anilines is 3. The van der Waals surface area contributed by atoms with Gasteiger partial charge in [0.2, 0.25) is 5.96 Å². The molecule has 3 aliphatic heterocycles. The van der Waals surface area contributed by atoms with Crippen LogP contribution in [0, 0.1) is 5.92 Å². The van der Waals surface area contributed by atoms with Crippen molar-refractivity contribution in [2.75, 3.05) is 30.5 Å². The Bertz CT molecular complexity index is 1030. The van der Waals surface area contributed by atoms with Gasteiger partial charge in [0.05, 0.1) is 12.1 Å². The Kier molecular flexibility index (Phi) is 5.63. The summed E-state index contributed by atoms with van der Waals surface area (Å²) in [4.78, 5) is 22.5. The van der Waals surface area contributed by atoms with E-state index in [9.17, 15) is 4.79 Å². The SMILES string of the molecule is CN1C(=O)c2c(Nc3ccccc3)nn(CC3CCOCC3)c2N2C1=N[C@@H]1CCC[C@@H]12.S. The van der Waals surface area contributed by atoms with Gasteiger partial charge in [-0.2, -0.15) is 18.6 Å². The second kappa shape index (κ2) is 8.44. The number of carbonyl (C=O) groups excluding carboxylic acids is 1. The van der Waals surface area contributed by atoms with E-state index in [4.69, 9.17) is 14.8 Å². The van der Waals surface area contributed by atoms with Gasteiger partial charge < -0.3 is 10.1 Å². The Morgan fingerprint density at radius 2 is 1.91 bits per heavy atom. The summed E-state index contributed by atoms with van der Waals surface area (Å²) < 4.78 is 7.63. The fraction of sp³-hybridized carbons (Fsp3) is 0.522. The van der Waals surface area contributed by atoms with E-state index < -0.39 is 0 Å². The van der Waals surface area contributed by atoms with E-state index in [2.05, 4.69) is 14.9 Å². The van der Waals surface area contributed by atoms with Crippen molar-refractivity contribution in [2.24, 2.45) is 10.9 Å². The predicted octanol–water partition coefficient (Wildman–Crippen LogP) is 3.35. The van der Waals surface area contributed by atoms with Crippen LogP contribution in [0.2, 0.25) is 0 Å². The Morgan fingerprint density at radius 3 is 2.69 bits per heavy atom. The number of aromatic nitrogens is 2. The molecule has 1 saturated carbocycles. The van der Waals surface area contributed by atoms with Crippen LogP contribution in [0.15, 0.2) is 35.3 Å². The van der Waals surface area contributed by atoms with E-state index in [-0.39, 0.29) is 25.4 Å². The fourth-order valence-electron chi connectivity index (χ4n) is 5.43. The van der Waals surface area contributed by atoms with E-state index >= 15 is 0 Å². The van der Waals surface area contributed by atoms with Gasteiger partial charge in [0.15, 0.2) is 5.82 Å². The van der Waals surface area contributed by atoms with Gasteiger partial charge in [0.1, 0.15) is 11.4 Å². The van der Waals surface area contributed by atoms with Gasteiger partial charge in [0.25, 0.3) is 5.91 Å². The number of ether oxygens (including phenoxy) is 1. The number of nitrogens with one attached hydrogen (secondary N) is 1. The smallest absolute Gasteiger partial charge is 0.267 e. The first-order valence-electron chi connectivity index (χ1n) is 11.4. The second-order valence-corrected chi connectivity index (χ2v) is 9.00. The number of hydrogen-bond acceptors (Lipinski definition) is 6. The summed E-state index contributed by atoms with van der Waals surface area (Å²) in [6.07, 6.45) is 5.42. The first-order valence-corrected chi connectivity index (χ1v) is 11.4. The van der Waals surface area contributed by atoms with Crippen molar-refractivity contribution in [1.82, 2.24) is 14.7 Å². The number of fused-ring (bicyclic) bond motifs is 5. The van der Waals surface area contributed by atoms with Crippen molar-refractivity contribution in [2.45, 2.75) is 50.7 Å². The minimum atomic E-state index is -0.0402. The number of amides is 1. The second-order valence-electron chi connectivity index (χ2n) is 9.00. The van der Waals surface area contributed by atoms with Gasteiger partial charge >= 0.3 is 0 Å². The molecule has 0 spiro atoms. The average molecular weight is 455 g/mol. The van der Waals surface area contributed by atoms with Crippen LogP contribution >= 0.6 is 13.5 Å². The molecule has 0 bridgehead atoms. The van der Waals surface area contributed by atoms with Crippen molar-refractivity contribution < 1.29 is 9.53 Å². The number of aliphatic imine (C=N–C) groups is 1. The third-order valence-corrected chi connectivity index (χ3v) is 7.05. The summed E-state index contributed by atoms with van der Waals surface area (Å²) >= 11 is 0. The van der Waals surface area contributed by atoms with Crippen LogP contribution in [0.3, 0.4) is 0 Å². The number of hydrogen-bond donors (Lipinski definition) is 1. The van der Waals surface area contributed by atoms with Crippen molar-refractivity contribution in [3.05, 3.63) is 35.9 Å². The highest BCUT2D eigenvalue weighted by Crippen LogP contribution is 2.43. The average Bonchev–Trinajstić information content (AvgIpc) is 3.47. The Labute approximate surface area is 195 Å². The summed E-state index contributed by atoms with van der Waals surface area (Å²) in [5.74, 6) is 2.79. The van der Waals surface area contributed by atoms with Crippen LogP contribution in [-0.2, 0) is 11.3 Å². The van der Waals surface area contributed by atoms with E-state index in [1.54, 1.807) is 4.90 Å². The predicted molar refractivity (Wildman–Crippen MR) is 129 cm³/mol. The molecule has 1 amide bonds. The molecule has 2 atom stereocenters. The lowest BCUT2D eigenvalue weighted by atomic mass is 10.0. The summed E-state index contributed by atoms with van der Waals surface area (Å²) in [6, 6.07) is 10.5. The molecule has 1 aliphatic carbocycles. The van der Waals surface area contributed by atoms with Gasteiger partial charge in [0, 0.05) is 32.5 Å². The summed E-state index contributed by atoms with van der Waals surface area (Å²) in [5.41, 5.74) is 1.58. The third-order valence-electron chi connectivity index (χ3n) is 7.05. The molecule has 4 aliphatic rings. The zero-order valence-corrected chi connectivity index (χ0v) is 19.3. The molecule has 2 aromatic rings. The van der Waals surface area contributed by atoms with Crippen LogP contribution in [0.4, 0.5) is 17.3 Å². The molecule has 0 unspecified atom stereocenters. The molecule has 0 radical (unpaired) electrons. The van der Waals surface area contributed by atoms with Gasteiger partial charge in [-0.15, -0.1) is 0 Å². The molecular weight excluding hydrogens is 424 g/mol. The maximum Gasteiger partial charge on any atom is 0.267 e. The highest BCUT2D eigenvalue weighted by Gasteiger charge is 2.49. The molecular formula is C23H30N6O2S. The Balaban J connectivity index is 0.00000216. The van der Waals surface area contributed by atoms with E-state index in [0.717, 1.165) is 62.9 Å². The monoisotopic (exact) mass is 454 g/mol. The molecule has 8 nitrogen and oxygen atoms in total. The normalized spacial score (nSPS) is 24.5. The van der Waals surface area contributed by atoms with Gasteiger partial charge in [-0.05, 0) is 50.2 Å². The lowest BCUT2D eigenvalue weighted by Crippen LogP contribution is -2.52. The lowest BCUT2D eigenvalue weighted by Gasteiger charge is -2.36. The zero-order valence-electron chi connectivity index (χ0n) is 18.3.